The number of nitro groups is 1. The normalized spacial score (nSPS) is 10.9. The van der Waals surface area contributed by atoms with Gasteiger partial charge >= 0.3 is 0 Å². The lowest BCUT2D eigenvalue weighted by molar-refractivity contribution is -0.384. The van der Waals surface area contributed by atoms with Gasteiger partial charge in [-0.15, -0.1) is 0 Å². The predicted octanol–water partition coefficient (Wildman–Crippen LogP) is 4.53. The van der Waals surface area contributed by atoms with Gasteiger partial charge in [0.05, 0.1) is 32.5 Å². The summed E-state index contributed by atoms with van der Waals surface area (Å²) in [6.07, 6.45) is 1.42. The molecule has 4 aromatic rings. The molecule has 1 amide bonds. The molecule has 4 rings (SSSR count). The van der Waals surface area contributed by atoms with Crippen LogP contribution >= 0.6 is 0 Å². The van der Waals surface area contributed by atoms with E-state index >= 15 is 0 Å². The molecular weight excluding hydrogens is 452 g/mol. The number of nitrogens with one attached hydrogen (secondary N) is 2. The van der Waals surface area contributed by atoms with Crippen LogP contribution < -0.4 is 19.6 Å². The molecule has 0 saturated heterocycles. The highest BCUT2D eigenvalue weighted by Crippen LogP contribution is 2.39. The Morgan fingerprint density at radius 2 is 1.74 bits per heavy atom. The fraction of sp³-hybridized carbons (Fsp3) is 0.120. The zero-order chi connectivity index (χ0) is 24.9. The molecule has 2 N–H and O–H groups in total. The zero-order valence-corrected chi connectivity index (χ0v) is 19.2. The van der Waals surface area contributed by atoms with Gasteiger partial charge in [-0.25, -0.2) is 5.43 Å². The van der Waals surface area contributed by atoms with E-state index in [9.17, 15) is 14.9 Å². The molecule has 0 aliphatic heterocycles. The van der Waals surface area contributed by atoms with Crippen LogP contribution in [-0.4, -0.2) is 43.4 Å². The van der Waals surface area contributed by atoms with E-state index in [4.69, 9.17) is 14.2 Å². The first-order valence-electron chi connectivity index (χ1n) is 10.5. The number of H-pyrrole nitrogens is 1. The van der Waals surface area contributed by atoms with Crippen LogP contribution in [0.5, 0.6) is 17.2 Å². The van der Waals surface area contributed by atoms with E-state index in [0.717, 1.165) is 5.56 Å². The maximum absolute atomic E-state index is 13.1. The summed E-state index contributed by atoms with van der Waals surface area (Å²) in [5.74, 6) is 0.769. The number of hydrazone groups is 1. The third kappa shape index (κ3) is 4.49. The maximum atomic E-state index is 13.1. The van der Waals surface area contributed by atoms with Crippen molar-refractivity contribution < 1.29 is 23.9 Å². The van der Waals surface area contributed by atoms with Crippen LogP contribution in [0.25, 0.3) is 22.0 Å². The Labute approximate surface area is 200 Å². The van der Waals surface area contributed by atoms with E-state index in [2.05, 4.69) is 15.5 Å². The highest BCUT2D eigenvalue weighted by atomic mass is 16.6. The number of non-ortho nitro benzene ring substituents is 1. The molecule has 0 bridgehead atoms. The van der Waals surface area contributed by atoms with Crippen LogP contribution in [0.3, 0.4) is 0 Å². The number of fused-ring (bicyclic) bond motifs is 1. The molecule has 0 spiro atoms. The lowest BCUT2D eigenvalue weighted by Crippen LogP contribution is -2.19. The third-order valence-electron chi connectivity index (χ3n) is 5.39. The minimum absolute atomic E-state index is 0.0702. The van der Waals surface area contributed by atoms with Gasteiger partial charge in [-0.3, -0.25) is 14.9 Å². The van der Waals surface area contributed by atoms with Crippen molar-refractivity contribution in [3.05, 3.63) is 82.0 Å². The van der Waals surface area contributed by atoms with Gasteiger partial charge in [-0.1, -0.05) is 30.3 Å². The second kappa shape index (κ2) is 9.96. The highest BCUT2D eigenvalue weighted by molar-refractivity contribution is 6.10. The van der Waals surface area contributed by atoms with E-state index in [1.54, 1.807) is 18.2 Å². The molecule has 10 heteroatoms. The SMILES string of the molecule is COc1ccc(/C=N\NC(=O)c2[nH]c3ccc([N+](=O)[O-])cc3c2-c2ccccc2)c(OC)c1OC. The Hall–Kier alpha value is -4.86. The van der Waals surface area contributed by atoms with E-state index in [1.807, 2.05) is 30.3 Å². The van der Waals surface area contributed by atoms with Crippen LogP contribution in [-0.2, 0) is 0 Å². The van der Waals surface area contributed by atoms with E-state index < -0.39 is 10.8 Å². The molecule has 0 aliphatic rings. The number of amides is 1. The number of nitro benzene ring substituents is 1. The van der Waals surface area contributed by atoms with Crippen molar-refractivity contribution in [3.63, 3.8) is 0 Å². The number of hydrogen-bond acceptors (Lipinski definition) is 7. The van der Waals surface area contributed by atoms with Gasteiger partial charge in [0.1, 0.15) is 5.69 Å². The molecule has 0 aliphatic carbocycles. The topological polar surface area (TPSA) is 128 Å². The van der Waals surface area contributed by atoms with Crippen molar-refractivity contribution in [2.45, 2.75) is 0 Å². The molecule has 1 aromatic heterocycles. The first kappa shape index (κ1) is 23.3. The van der Waals surface area contributed by atoms with Gasteiger partial charge in [-0.2, -0.15) is 5.10 Å². The molecule has 0 unspecified atom stereocenters. The number of rotatable bonds is 8. The number of nitrogens with zero attached hydrogens (tertiary/aromatic N) is 2. The number of aromatic amines is 1. The zero-order valence-electron chi connectivity index (χ0n) is 19.2. The Bertz CT molecular complexity index is 1430. The molecular formula is C25H22N4O6. The first-order valence-corrected chi connectivity index (χ1v) is 10.5. The van der Waals surface area contributed by atoms with Crippen molar-refractivity contribution in [1.29, 1.82) is 0 Å². The summed E-state index contributed by atoms with van der Waals surface area (Å²) in [7, 11) is 4.50. The molecule has 0 fully saturated rings. The summed E-state index contributed by atoms with van der Waals surface area (Å²) < 4.78 is 16.1. The number of benzene rings is 3. The van der Waals surface area contributed by atoms with Crippen LogP contribution in [0, 0.1) is 10.1 Å². The number of aromatic nitrogens is 1. The number of carbonyl (C=O) groups excluding carboxylic acids is 1. The molecule has 35 heavy (non-hydrogen) atoms. The number of hydrogen-bond donors (Lipinski definition) is 2. The van der Waals surface area contributed by atoms with Crippen molar-refractivity contribution in [2.75, 3.05) is 21.3 Å². The van der Waals surface area contributed by atoms with Gasteiger partial charge in [-0.05, 0) is 23.8 Å². The van der Waals surface area contributed by atoms with E-state index in [1.165, 1.54) is 39.7 Å². The lowest BCUT2D eigenvalue weighted by Gasteiger charge is -2.13. The summed E-state index contributed by atoms with van der Waals surface area (Å²) in [4.78, 5) is 27.0. The fourth-order valence-electron chi connectivity index (χ4n) is 3.81. The Morgan fingerprint density at radius 3 is 2.40 bits per heavy atom. The van der Waals surface area contributed by atoms with E-state index in [0.29, 0.717) is 39.3 Å². The summed E-state index contributed by atoms with van der Waals surface area (Å²) in [6.45, 7) is 0. The molecule has 3 aromatic carbocycles. The average Bonchev–Trinajstić information content (AvgIpc) is 3.27. The van der Waals surface area contributed by atoms with Crippen molar-refractivity contribution >= 4 is 28.7 Å². The van der Waals surface area contributed by atoms with Gasteiger partial charge in [0, 0.05) is 34.2 Å². The second-order valence-corrected chi connectivity index (χ2v) is 7.35. The van der Waals surface area contributed by atoms with Gasteiger partial charge in [0.15, 0.2) is 11.5 Å². The van der Waals surface area contributed by atoms with Gasteiger partial charge in [0.2, 0.25) is 5.75 Å². The monoisotopic (exact) mass is 474 g/mol. The molecule has 1 heterocycles. The summed E-state index contributed by atoms with van der Waals surface area (Å²) in [5.41, 5.74) is 5.08. The van der Waals surface area contributed by atoms with Gasteiger partial charge in [0.25, 0.3) is 11.6 Å². The quantitative estimate of drug-likeness (QED) is 0.219. The molecule has 0 radical (unpaired) electrons. The molecule has 0 saturated carbocycles. The van der Waals surface area contributed by atoms with Crippen molar-refractivity contribution in [1.82, 2.24) is 10.4 Å². The maximum Gasteiger partial charge on any atom is 0.288 e. The number of ether oxygens (including phenoxy) is 3. The lowest BCUT2D eigenvalue weighted by atomic mass is 10.0. The molecule has 178 valence electrons. The molecule has 10 nitrogen and oxygen atoms in total. The average molecular weight is 474 g/mol. The van der Waals surface area contributed by atoms with Crippen molar-refractivity contribution in [3.8, 4) is 28.4 Å². The number of methoxy groups -OCH3 is 3. The summed E-state index contributed by atoms with van der Waals surface area (Å²) in [6, 6.07) is 17.0. The largest absolute Gasteiger partial charge is 0.493 e. The molecule has 0 atom stereocenters. The first-order chi connectivity index (χ1) is 17.0. The van der Waals surface area contributed by atoms with Crippen LogP contribution in [0.1, 0.15) is 16.1 Å². The van der Waals surface area contributed by atoms with Crippen molar-refractivity contribution in [2.24, 2.45) is 5.10 Å². The Balaban J connectivity index is 1.71. The highest BCUT2D eigenvalue weighted by Gasteiger charge is 2.21. The van der Waals surface area contributed by atoms with Crippen LogP contribution in [0.2, 0.25) is 0 Å². The Morgan fingerprint density at radius 1 is 1.00 bits per heavy atom. The standard InChI is InChI=1S/C25H22N4O6/c1-33-20-12-9-16(23(34-2)24(20)35-3)14-26-28-25(30)22-21(15-7-5-4-6-8-15)18-13-17(29(31)32)10-11-19(18)27-22/h4-14,27H,1-3H3,(H,28,30)/b26-14-. The fourth-order valence-corrected chi connectivity index (χ4v) is 3.81. The summed E-state index contributed by atoms with van der Waals surface area (Å²) in [5, 5.41) is 16.0. The van der Waals surface area contributed by atoms with Crippen LogP contribution in [0.4, 0.5) is 5.69 Å². The number of carbonyl (C=O) groups is 1. The van der Waals surface area contributed by atoms with E-state index in [-0.39, 0.29) is 11.4 Å². The Kier molecular flexibility index (Phi) is 6.63. The third-order valence-corrected chi connectivity index (χ3v) is 5.39. The smallest absolute Gasteiger partial charge is 0.288 e. The minimum Gasteiger partial charge on any atom is -0.493 e. The second-order valence-electron chi connectivity index (χ2n) is 7.35. The van der Waals surface area contributed by atoms with Crippen LogP contribution in [0.15, 0.2) is 65.8 Å². The van der Waals surface area contributed by atoms with Gasteiger partial charge < -0.3 is 19.2 Å². The minimum atomic E-state index is -0.515. The summed E-state index contributed by atoms with van der Waals surface area (Å²) >= 11 is 0. The predicted molar refractivity (Wildman–Crippen MR) is 132 cm³/mol.